The van der Waals surface area contributed by atoms with E-state index in [0.717, 1.165) is 30.5 Å². The lowest BCUT2D eigenvalue weighted by molar-refractivity contribution is -0.147. The Morgan fingerprint density at radius 1 is 1.06 bits per heavy atom. The number of aromatic nitrogens is 1. The predicted octanol–water partition coefficient (Wildman–Crippen LogP) is 4.82. The minimum atomic E-state index is -0.783. The zero-order valence-corrected chi connectivity index (χ0v) is 18.5. The maximum atomic E-state index is 12.9. The molecule has 4 aliphatic rings. The lowest BCUT2D eigenvalue weighted by Crippen LogP contribution is -2.77. The van der Waals surface area contributed by atoms with Gasteiger partial charge in [0.2, 0.25) is 0 Å². The van der Waals surface area contributed by atoms with Gasteiger partial charge in [0.15, 0.2) is 11.9 Å². The highest BCUT2D eigenvalue weighted by molar-refractivity contribution is 6.31. The lowest BCUT2D eigenvalue weighted by Gasteiger charge is -2.69. The van der Waals surface area contributed by atoms with Crippen molar-refractivity contribution in [2.45, 2.75) is 48.8 Å². The Balaban J connectivity index is 1.10. The molecule has 2 aromatic carbocycles. The van der Waals surface area contributed by atoms with Crippen molar-refractivity contribution in [2.24, 2.45) is 0 Å². The number of fused-ring (bicyclic) bond motifs is 1. The van der Waals surface area contributed by atoms with E-state index in [1.807, 2.05) is 30.3 Å². The Labute approximate surface area is 194 Å². The molecule has 1 aliphatic heterocycles. The van der Waals surface area contributed by atoms with E-state index < -0.39 is 12.2 Å². The van der Waals surface area contributed by atoms with Crippen molar-refractivity contribution in [3.8, 4) is 17.1 Å². The number of aliphatic hydroxyl groups is 1. The van der Waals surface area contributed by atoms with E-state index >= 15 is 0 Å². The molecule has 0 spiro atoms. The van der Waals surface area contributed by atoms with E-state index in [9.17, 15) is 9.90 Å². The van der Waals surface area contributed by atoms with Crippen molar-refractivity contribution < 1.29 is 19.2 Å². The van der Waals surface area contributed by atoms with Crippen LogP contribution in [0.4, 0.5) is 0 Å². The third kappa shape index (κ3) is 3.12. The van der Waals surface area contributed by atoms with Gasteiger partial charge in [-0.1, -0.05) is 28.4 Å². The normalized spacial score (nSPS) is 29.8. The summed E-state index contributed by atoms with van der Waals surface area (Å²) in [5, 5.41) is 19.1. The number of carbonyl (C=O) groups excluding carboxylic acids is 1. The van der Waals surface area contributed by atoms with Crippen molar-refractivity contribution in [1.82, 2.24) is 10.5 Å². The molecule has 7 rings (SSSR count). The van der Waals surface area contributed by atoms with Gasteiger partial charge in [-0.05, 0) is 61.7 Å². The molecule has 3 saturated carbocycles. The third-order valence-corrected chi connectivity index (χ3v) is 7.42. The summed E-state index contributed by atoms with van der Waals surface area (Å²) >= 11 is 12.0. The van der Waals surface area contributed by atoms with Crippen LogP contribution in [0.2, 0.25) is 10.0 Å². The van der Waals surface area contributed by atoms with Gasteiger partial charge in [-0.2, -0.15) is 0 Å². The van der Waals surface area contributed by atoms with Gasteiger partial charge in [-0.25, -0.2) is 0 Å². The summed E-state index contributed by atoms with van der Waals surface area (Å²) in [5.74, 6) is 1.02. The summed E-state index contributed by atoms with van der Waals surface area (Å²) in [6.07, 6.45) is 1.15. The molecule has 0 saturated heterocycles. The summed E-state index contributed by atoms with van der Waals surface area (Å²) in [6.45, 7) is 0. The number of aliphatic hydroxyl groups excluding tert-OH is 1. The first kappa shape index (κ1) is 20.1. The number of rotatable bonds is 4. The maximum absolute atomic E-state index is 12.9. The predicted molar refractivity (Wildman–Crippen MR) is 119 cm³/mol. The first-order valence-corrected chi connectivity index (χ1v) is 11.3. The van der Waals surface area contributed by atoms with E-state index in [2.05, 4.69) is 10.5 Å². The van der Waals surface area contributed by atoms with Gasteiger partial charge in [0, 0.05) is 44.6 Å². The zero-order chi connectivity index (χ0) is 22.1. The summed E-state index contributed by atoms with van der Waals surface area (Å²) in [5.41, 5.74) is 2.20. The third-order valence-electron chi connectivity index (χ3n) is 6.93. The standard InChI is InChI=1S/C24H20Cl2N2O4/c25-14-3-1-13(2-4-14)19-9-21(28-32-19)23-10-24(11-23,12-23)27-22(30)20-8-17(29)16-7-15(26)5-6-18(16)31-20/h1-7,9,17,20,29H,8,10-12H2,(H,27,30)/t17-,20+,23?,24?/m1/s1. The van der Waals surface area contributed by atoms with Crippen LogP contribution >= 0.6 is 23.2 Å². The summed E-state index contributed by atoms with van der Waals surface area (Å²) in [6, 6.07) is 14.5. The zero-order valence-electron chi connectivity index (χ0n) is 17.0. The topological polar surface area (TPSA) is 84.6 Å². The lowest BCUT2D eigenvalue weighted by atomic mass is 9.38. The number of benzene rings is 2. The Morgan fingerprint density at radius 3 is 2.53 bits per heavy atom. The number of carbonyl (C=O) groups is 1. The van der Waals surface area contributed by atoms with Crippen LogP contribution in [0.3, 0.4) is 0 Å². The summed E-state index contributed by atoms with van der Waals surface area (Å²) in [4.78, 5) is 12.9. The highest BCUT2D eigenvalue weighted by Gasteiger charge is 2.70. The van der Waals surface area contributed by atoms with Crippen LogP contribution in [0.15, 0.2) is 53.1 Å². The maximum Gasteiger partial charge on any atom is 0.261 e. The number of nitrogens with zero attached hydrogens (tertiary/aromatic N) is 1. The summed E-state index contributed by atoms with van der Waals surface area (Å²) < 4.78 is 11.4. The molecule has 2 heterocycles. The Morgan fingerprint density at radius 2 is 1.78 bits per heavy atom. The minimum Gasteiger partial charge on any atom is -0.480 e. The molecule has 1 aromatic heterocycles. The van der Waals surface area contributed by atoms with Crippen molar-refractivity contribution in [3.05, 3.63) is 69.8 Å². The fourth-order valence-corrected chi connectivity index (χ4v) is 5.69. The Kier molecular flexibility index (Phi) is 4.38. The molecule has 3 aromatic rings. The molecule has 164 valence electrons. The van der Waals surface area contributed by atoms with Gasteiger partial charge < -0.3 is 19.7 Å². The second-order valence-corrected chi connectivity index (χ2v) is 10.1. The number of nitrogens with one attached hydrogen (secondary N) is 1. The van der Waals surface area contributed by atoms with Gasteiger partial charge in [-0.15, -0.1) is 0 Å². The SMILES string of the molecule is O=C(NC12CC(c3cc(-c4ccc(Cl)cc4)on3)(C1)C2)[C@@H]1C[C@@H](O)c2cc(Cl)ccc2O1. The highest BCUT2D eigenvalue weighted by atomic mass is 35.5. The number of hydrogen-bond donors (Lipinski definition) is 2. The molecule has 2 atom stereocenters. The fraction of sp³-hybridized carbons (Fsp3) is 0.333. The van der Waals surface area contributed by atoms with Gasteiger partial charge in [0.25, 0.3) is 5.91 Å². The van der Waals surface area contributed by atoms with E-state index in [-0.39, 0.29) is 23.3 Å². The first-order chi connectivity index (χ1) is 15.3. The molecule has 6 nitrogen and oxygen atoms in total. The smallest absolute Gasteiger partial charge is 0.261 e. The van der Waals surface area contributed by atoms with Crippen LogP contribution in [-0.4, -0.2) is 27.8 Å². The quantitative estimate of drug-likeness (QED) is 0.570. The molecule has 0 radical (unpaired) electrons. The average molecular weight is 471 g/mol. The molecular weight excluding hydrogens is 451 g/mol. The van der Waals surface area contributed by atoms with Gasteiger partial charge in [0.05, 0.1) is 11.8 Å². The van der Waals surface area contributed by atoms with Crippen LogP contribution in [0.1, 0.15) is 43.0 Å². The Bertz CT molecular complexity index is 1200. The van der Waals surface area contributed by atoms with Gasteiger partial charge in [0.1, 0.15) is 5.75 Å². The number of halogens is 2. The molecule has 2 N–H and O–H groups in total. The molecular formula is C24H20Cl2N2O4. The monoisotopic (exact) mass is 470 g/mol. The minimum absolute atomic E-state index is 0.0439. The molecule has 1 amide bonds. The van der Waals surface area contributed by atoms with E-state index in [1.54, 1.807) is 18.2 Å². The molecule has 2 bridgehead atoms. The molecule has 8 heteroatoms. The highest BCUT2D eigenvalue weighted by Crippen LogP contribution is 2.67. The molecule has 32 heavy (non-hydrogen) atoms. The van der Waals surface area contributed by atoms with Crippen LogP contribution in [0.5, 0.6) is 5.75 Å². The second kappa shape index (κ2) is 6.98. The number of hydrogen-bond acceptors (Lipinski definition) is 5. The van der Waals surface area contributed by atoms with Crippen molar-refractivity contribution in [2.75, 3.05) is 0 Å². The van der Waals surface area contributed by atoms with E-state index in [0.29, 0.717) is 27.1 Å². The molecule has 0 unspecified atom stereocenters. The number of amides is 1. The van der Waals surface area contributed by atoms with E-state index in [1.165, 1.54) is 0 Å². The van der Waals surface area contributed by atoms with Crippen molar-refractivity contribution in [3.63, 3.8) is 0 Å². The fourth-order valence-electron chi connectivity index (χ4n) is 5.39. The van der Waals surface area contributed by atoms with Gasteiger partial charge >= 0.3 is 0 Å². The molecule has 3 aliphatic carbocycles. The van der Waals surface area contributed by atoms with Gasteiger partial charge in [-0.3, -0.25) is 4.79 Å². The summed E-state index contributed by atoms with van der Waals surface area (Å²) in [7, 11) is 0. The van der Waals surface area contributed by atoms with Crippen LogP contribution < -0.4 is 10.1 Å². The largest absolute Gasteiger partial charge is 0.480 e. The second-order valence-electron chi connectivity index (χ2n) is 9.20. The van der Waals surface area contributed by atoms with E-state index in [4.69, 9.17) is 32.5 Å². The van der Waals surface area contributed by atoms with Crippen molar-refractivity contribution in [1.29, 1.82) is 0 Å². The van der Waals surface area contributed by atoms with Crippen LogP contribution in [-0.2, 0) is 10.2 Å². The number of ether oxygens (including phenoxy) is 1. The van der Waals surface area contributed by atoms with Crippen molar-refractivity contribution >= 4 is 29.1 Å². The molecule has 3 fully saturated rings. The average Bonchev–Trinajstić information content (AvgIpc) is 3.20. The Hall–Kier alpha value is -2.54. The van der Waals surface area contributed by atoms with Crippen LogP contribution in [0.25, 0.3) is 11.3 Å². The first-order valence-electron chi connectivity index (χ1n) is 10.5. The van der Waals surface area contributed by atoms with Crippen LogP contribution in [0, 0.1) is 0 Å².